The van der Waals surface area contributed by atoms with Crippen molar-refractivity contribution in [2.45, 2.75) is 26.3 Å². The molecule has 15 heavy (non-hydrogen) atoms. The Morgan fingerprint density at radius 1 is 1.27 bits per heavy atom. The van der Waals surface area contributed by atoms with Gasteiger partial charge in [0, 0.05) is 17.9 Å². The van der Waals surface area contributed by atoms with E-state index >= 15 is 0 Å². The molecule has 0 spiro atoms. The van der Waals surface area contributed by atoms with Gasteiger partial charge in [0.15, 0.2) is 0 Å². The molecule has 0 saturated carbocycles. The number of alkyl halides is 1. The molecule has 0 amide bonds. The largest absolute Gasteiger partial charge is 0.300 e. The standard InChI is InChI=1S/C13H20BrN/c1-3-15(10-9-14)12(2)11-13-7-5-4-6-8-13/h4-8,12H,3,9-11H2,1-2H3/t12-/m1/s1. The zero-order valence-electron chi connectivity index (χ0n) is 9.62. The minimum absolute atomic E-state index is 0.620. The third-order valence-corrected chi connectivity index (χ3v) is 3.13. The molecular formula is C13H20BrN. The van der Waals surface area contributed by atoms with E-state index in [1.54, 1.807) is 0 Å². The molecule has 0 N–H and O–H groups in total. The van der Waals surface area contributed by atoms with Crippen molar-refractivity contribution in [3.63, 3.8) is 0 Å². The third-order valence-electron chi connectivity index (χ3n) is 2.78. The van der Waals surface area contributed by atoms with Gasteiger partial charge in [-0.1, -0.05) is 53.2 Å². The Morgan fingerprint density at radius 2 is 1.93 bits per heavy atom. The smallest absolute Gasteiger partial charge is 0.0159 e. The highest BCUT2D eigenvalue weighted by molar-refractivity contribution is 9.09. The van der Waals surface area contributed by atoms with E-state index in [4.69, 9.17) is 0 Å². The lowest BCUT2D eigenvalue weighted by molar-refractivity contribution is 0.233. The fourth-order valence-electron chi connectivity index (χ4n) is 1.88. The van der Waals surface area contributed by atoms with Gasteiger partial charge in [-0.15, -0.1) is 0 Å². The summed E-state index contributed by atoms with van der Waals surface area (Å²) < 4.78 is 0. The number of hydrogen-bond acceptors (Lipinski definition) is 1. The fourth-order valence-corrected chi connectivity index (χ4v) is 2.34. The van der Waals surface area contributed by atoms with E-state index in [9.17, 15) is 0 Å². The summed E-state index contributed by atoms with van der Waals surface area (Å²) in [4.78, 5) is 2.50. The molecule has 0 aromatic heterocycles. The van der Waals surface area contributed by atoms with Crippen LogP contribution in [-0.2, 0) is 6.42 Å². The van der Waals surface area contributed by atoms with Crippen LogP contribution in [0.5, 0.6) is 0 Å². The molecule has 0 radical (unpaired) electrons. The number of rotatable bonds is 6. The second-order valence-corrected chi connectivity index (χ2v) is 4.65. The van der Waals surface area contributed by atoms with E-state index in [-0.39, 0.29) is 0 Å². The van der Waals surface area contributed by atoms with Crippen molar-refractivity contribution in [3.05, 3.63) is 35.9 Å². The molecule has 0 bridgehead atoms. The number of hydrogen-bond donors (Lipinski definition) is 0. The molecule has 0 aliphatic rings. The number of benzene rings is 1. The van der Waals surface area contributed by atoms with E-state index in [1.807, 2.05) is 0 Å². The van der Waals surface area contributed by atoms with E-state index in [0.29, 0.717) is 6.04 Å². The van der Waals surface area contributed by atoms with Crippen LogP contribution < -0.4 is 0 Å². The lowest BCUT2D eigenvalue weighted by Crippen LogP contribution is -2.35. The first-order valence-corrected chi connectivity index (χ1v) is 6.74. The summed E-state index contributed by atoms with van der Waals surface area (Å²) in [5.41, 5.74) is 1.43. The van der Waals surface area contributed by atoms with Crippen LogP contribution in [0.25, 0.3) is 0 Å². The first-order valence-electron chi connectivity index (χ1n) is 5.61. The Hall–Kier alpha value is -0.340. The molecular weight excluding hydrogens is 250 g/mol. The van der Waals surface area contributed by atoms with Crippen molar-refractivity contribution >= 4 is 15.9 Å². The molecule has 1 rings (SSSR count). The predicted octanol–water partition coefficient (Wildman–Crippen LogP) is 3.33. The van der Waals surface area contributed by atoms with Crippen LogP contribution in [0.4, 0.5) is 0 Å². The average molecular weight is 270 g/mol. The van der Waals surface area contributed by atoms with Gasteiger partial charge in [0.25, 0.3) is 0 Å². The maximum Gasteiger partial charge on any atom is 0.0159 e. The number of nitrogens with zero attached hydrogens (tertiary/aromatic N) is 1. The van der Waals surface area contributed by atoms with E-state index < -0.39 is 0 Å². The Balaban J connectivity index is 2.50. The summed E-state index contributed by atoms with van der Waals surface area (Å²) in [5.74, 6) is 0. The van der Waals surface area contributed by atoms with Crippen LogP contribution in [0.3, 0.4) is 0 Å². The second kappa shape index (κ2) is 7.02. The van der Waals surface area contributed by atoms with Crippen LogP contribution in [-0.4, -0.2) is 29.4 Å². The van der Waals surface area contributed by atoms with Crippen molar-refractivity contribution in [3.8, 4) is 0 Å². The average Bonchev–Trinajstić information content (AvgIpc) is 2.27. The molecule has 0 fully saturated rings. The van der Waals surface area contributed by atoms with Gasteiger partial charge in [-0.3, -0.25) is 4.90 Å². The predicted molar refractivity (Wildman–Crippen MR) is 70.6 cm³/mol. The van der Waals surface area contributed by atoms with E-state index in [0.717, 1.165) is 24.8 Å². The summed E-state index contributed by atoms with van der Waals surface area (Å²) >= 11 is 3.50. The van der Waals surface area contributed by atoms with Gasteiger partial charge < -0.3 is 0 Å². The summed E-state index contributed by atoms with van der Waals surface area (Å²) in [7, 11) is 0. The van der Waals surface area contributed by atoms with Crippen molar-refractivity contribution in [2.24, 2.45) is 0 Å². The summed E-state index contributed by atoms with van der Waals surface area (Å²) in [6.45, 7) is 6.79. The zero-order chi connectivity index (χ0) is 11.1. The van der Waals surface area contributed by atoms with Crippen molar-refractivity contribution in [1.29, 1.82) is 0 Å². The highest BCUT2D eigenvalue weighted by atomic mass is 79.9. The highest BCUT2D eigenvalue weighted by Gasteiger charge is 2.11. The van der Waals surface area contributed by atoms with Crippen LogP contribution in [0.2, 0.25) is 0 Å². The van der Waals surface area contributed by atoms with Crippen molar-refractivity contribution < 1.29 is 0 Å². The van der Waals surface area contributed by atoms with Gasteiger partial charge in [-0.05, 0) is 25.5 Å². The molecule has 0 heterocycles. The molecule has 84 valence electrons. The van der Waals surface area contributed by atoms with Crippen LogP contribution in [0.1, 0.15) is 19.4 Å². The molecule has 0 aliphatic heterocycles. The van der Waals surface area contributed by atoms with E-state index in [2.05, 4.69) is 65.0 Å². The van der Waals surface area contributed by atoms with Crippen LogP contribution in [0, 0.1) is 0 Å². The van der Waals surface area contributed by atoms with Gasteiger partial charge in [0.2, 0.25) is 0 Å². The molecule has 1 atom stereocenters. The maximum atomic E-state index is 3.50. The Morgan fingerprint density at radius 3 is 2.47 bits per heavy atom. The first-order chi connectivity index (χ1) is 7.27. The van der Waals surface area contributed by atoms with E-state index in [1.165, 1.54) is 5.56 Å². The zero-order valence-corrected chi connectivity index (χ0v) is 11.2. The highest BCUT2D eigenvalue weighted by Crippen LogP contribution is 2.08. The van der Waals surface area contributed by atoms with Crippen molar-refractivity contribution in [1.82, 2.24) is 4.90 Å². The molecule has 1 aromatic carbocycles. The van der Waals surface area contributed by atoms with Gasteiger partial charge in [-0.25, -0.2) is 0 Å². The molecule has 0 aliphatic carbocycles. The van der Waals surface area contributed by atoms with Crippen molar-refractivity contribution in [2.75, 3.05) is 18.4 Å². The SMILES string of the molecule is CCN(CCBr)[C@H](C)Cc1ccccc1. The molecule has 2 heteroatoms. The normalized spacial score (nSPS) is 13.1. The Kier molecular flexibility index (Phi) is 5.96. The molecule has 1 aromatic rings. The maximum absolute atomic E-state index is 3.50. The topological polar surface area (TPSA) is 3.24 Å². The molecule has 0 saturated heterocycles. The molecule has 0 unspecified atom stereocenters. The lowest BCUT2D eigenvalue weighted by atomic mass is 10.1. The first kappa shape index (κ1) is 12.7. The van der Waals surface area contributed by atoms with Gasteiger partial charge in [0.05, 0.1) is 0 Å². The third kappa shape index (κ3) is 4.35. The second-order valence-electron chi connectivity index (χ2n) is 3.86. The summed E-state index contributed by atoms with van der Waals surface area (Å²) in [5, 5.41) is 1.06. The minimum Gasteiger partial charge on any atom is -0.300 e. The Bertz CT molecular complexity index is 260. The molecule has 1 nitrogen and oxygen atoms in total. The quantitative estimate of drug-likeness (QED) is 0.717. The number of halogens is 1. The lowest BCUT2D eigenvalue weighted by Gasteiger charge is -2.27. The number of likely N-dealkylation sites (N-methyl/N-ethyl adjacent to an activating group) is 1. The summed E-state index contributed by atoms with van der Waals surface area (Å²) in [6.07, 6.45) is 1.14. The fraction of sp³-hybridized carbons (Fsp3) is 0.538. The van der Waals surface area contributed by atoms with Gasteiger partial charge in [-0.2, -0.15) is 0 Å². The monoisotopic (exact) mass is 269 g/mol. The van der Waals surface area contributed by atoms with Crippen LogP contribution >= 0.6 is 15.9 Å². The minimum atomic E-state index is 0.620. The summed E-state index contributed by atoms with van der Waals surface area (Å²) in [6, 6.07) is 11.3. The van der Waals surface area contributed by atoms with Gasteiger partial charge in [0.1, 0.15) is 0 Å². The van der Waals surface area contributed by atoms with Gasteiger partial charge >= 0.3 is 0 Å². The Labute approximate surface area is 102 Å². The van der Waals surface area contributed by atoms with Crippen LogP contribution in [0.15, 0.2) is 30.3 Å².